The molecule has 0 saturated carbocycles. The number of esters is 1. The molecular formula is C28H33FN2O2. The number of aryl methyl sites for hydroxylation is 2. The molecule has 1 aromatic heterocycles. The molecule has 4 nitrogen and oxygen atoms in total. The van der Waals surface area contributed by atoms with Gasteiger partial charge in [0.25, 0.3) is 0 Å². The van der Waals surface area contributed by atoms with E-state index in [0.717, 1.165) is 37.7 Å². The lowest BCUT2D eigenvalue weighted by Crippen LogP contribution is -2.09. The molecule has 0 amide bonds. The third kappa shape index (κ3) is 7.48. The van der Waals surface area contributed by atoms with E-state index in [1.807, 2.05) is 12.1 Å². The van der Waals surface area contributed by atoms with Crippen LogP contribution in [-0.2, 0) is 12.8 Å². The Bertz CT molecular complexity index is 1020. The number of hydrogen-bond donors (Lipinski definition) is 0. The molecule has 0 fully saturated rings. The summed E-state index contributed by atoms with van der Waals surface area (Å²) in [4.78, 5) is 21.1. The smallest absolute Gasteiger partial charge is 0.343 e. The monoisotopic (exact) mass is 448 g/mol. The number of rotatable bonds is 12. The van der Waals surface area contributed by atoms with Crippen molar-refractivity contribution in [3.05, 3.63) is 77.4 Å². The lowest BCUT2D eigenvalue weighted by molar-refractivity contribution is 0.0734. The highest BCUT2D eigenvalue weighted by atomic mass is 19.1. The molecule has 0 aliphatic rings. The minimum Gasteiger partial charge on any atom is -0.423 e. The van der Waals surface area contributed by atoms with Crippen molar-refractivity contribution < 1.29 is 13.9 Å². The number of aromatic nitrogens is 2. The van der Waals surface area contributed by atoms with Gasteiger partial charge in [0.2, 0.25) is 0 Å². The predicted molar refractivity (Wildman–Crippen MR) is 130 cm³/mol. The van der Waals surface area contributed by atoms with Gasteiger partial charge in [-0.05, 0) is 61.1 Å². The van der Waals surface area contributed by atoms with Crippen molar-refractivity contribution in [1.29, 1.82) is 0 Å². The number of nitrogens with zero attached hydrogens (tertiary/aromatic N) is 2. The molecule has 174 valence electrons. The molecule has 0 unspecified atom stereocenters. The molecular weight excluding hydrogens is 415 g/mol. The summed E-state index contributed by atoms with van der Waals surface area (Å²) in [6.07, 6.45) is 13.7. The van der Waals surface area contributed by atoms with Crippen LogP contribution in [0.3, 0.4) is 0 Å². The Hall–Kier alpha value is -3.08. The molecule has 1 heterocycles. The quantitative estimate of drug-likeness (QED) is 0.165. The lowest BCUT2D eigenvalue weighted by Gasteiger charge is -2.08. The fourth-order valence-corrected chi connectivity index (χ4v) is 3.67. The summed E-state index contributed by atoms with van der Waals surface area (Å²) >= 11 is 0. The van der Waals surface area contributed by atoms with Gasteiger partial charge in [-0.3, -0.25) is 0 Å². The summed E-state index contributed by atoms with van der Waals surface area (Å²) < 4.78 is 20.1. The zero-order valence-electron chi connectivity index (χ0n) is 19.6. The Kier molecular flexibility index (Phi) is 9.55. The summed E-state index contributed by atoms with van der Waals surface area (Å²) in [5, 5.41) is 0. The van der Waals surface area contributed by atoms with E-state index in [1.54, 1.807) is 36.7 Å². The maximum absolute atomic E-state index is 14.7. The average Bonchev–Trinajstić information content (AvgIpc) is 2.83. The molecule has 0 saturated heterocycles. The van der Waals surface area contributed by atoms with E-state index in [1.165, 1.54) is 37.3 Å². The molecule has 0 aliphatic heterocycles. The van der Waals surface area contributed by atoms with Crippen molar-refractivity contribution in [3.8, 4) is 17.1 Å². The largest absolute Gasteiger partial charge is 0.423 e. The molecule has 0 bridgehead atoms. The first-order valence-corrected chi connectivity index (χ1v) is 12.0. The number of carbonyl (C=O) groups excluding carboxylic acids is 1. The van der Waals surface area contributed by atoms with Gasteiger partial charge in [-0.15, -0.1) is 0 Å². The first-order chi connectivity index (χ1) is 16.1. The van der Waals surface area contributed by atoms with Crippen molar-refractivity contribution >= 4 is 5.97 Å². The van der Waals surface area contributed by atoms with E-state index in [0.29, 0.717) is 11.4 Å². The van der Waals surface area contributed by atoms with Gasteiger partial charge >= 0.3 is 5.97 Å². The molecule has 0 N–H and O–H groups in total. The van der Waals surface area contributed by atoms with Crippen LogP contribution >= 0.6 is 0 Å². The first-order valence-electron chi connectivity index (χ1n) is 12.0. The van der Waals surface area contributed by atoms with E-state index in [9.17, 15) is 9.18 Å². The van der Waals surface area contributed by atoms with Crippen LogP contribution in [0.25, 0.3) is 11.4 Å². The number of benzene rings is 2. The minimum absolute atomic E-state index is 0.154. The minimum atomic E-state index is -0.526. The van der Waals surface area contributed by atoms with Crippen molar-refractivity contribution in [2.75, 3.05) is 0 Å². The molecule has 0 spiro atoms. The summed E-state index contributed by atoms with van der Waals surface area (Å²) in [6.45, 7) is 4.36. The van der Waals surface area contributed by atoms with Crippen LogP contribution in [0, 0.1) is 5.82 Å². The highest BCUT2D eigenvalue weighted by Crippen LogP contribution is 2.24. The van der Waals surface area contributed by atoms with Gasteiger partial charge in [-0.1, -0.05) is 58.1 Å². The van der Waals surface area contributed by atoms with E-state index in [4.69, 9.17) is 4.74 Å². The van der Waals surface area contributed by atoms with Crippen LogP contribution in [0.2, 0.25) is 0 Å². The van der Waals surface area contributed by atoms with Crippen LogP contribution in [0.15, 0.2) is 54.9 Å². The van der Waals surface area contributed by atoms with E-state index in [-0.39, 0.29) is 11.3 Å². The van der Waals surface area contributed by atoms with E-state index >= 15 is 0 Å². The Balaban J connectivity index is 1.59. The molecule has 0 aliphatic carbocycles. The van der Waals surface area contributed by atoms with E-state index < -0.39 is 11.8 Å². The van der Waals surface area contributed by atoms with Crippen LogP contribution in [0.1, 0.15) is 80.3 Å². The maximum atomic E-state index is 14.7. The van der Waals surface area contributed by atoms with Crippen molar-refractivity contribution in [2.24, 2.45) is 0 Å². The van der Waals surface area contributed by atoms with Crippen molar-refractivity contribution in [2.45, 2.75) is 71.6 Å². The Labute approximate surface area is 196 Å². The second-order valence-electron chi connectivity index (χ2n) is 8.41. The second-order valence-corrected chi connectivity index (χ2v) is 8.41. The van der Waals surface area contributed by atoms with Crippen molar-refractivity contribution in [3.63, 3.8) is 0 Å². The summed E-state index contributed by atoms with van der Waals surface area (Å²) in [6, 6.07) is 11.7. The molecule has 0 atom stereocenters. The molecule has 2 aromatic carbocycles. The van der Waals surface area contributed by atoms with Gasteiger partial charge in [-0.2, -0.15) is 0 Å². The van der Waals surface area contributed by atoms with E-state index in [2.05, 4.69) is 23.8 Å². The topological polar surface area (TPSA) is 52.1 Å². The van der Waals surface area contributed by atoms with Crippen LogP contribution in [0.5, 0.6) is 5.75 Å². The zero-order valence-corrected chi connectivity index (χ0v) is 19.6. The SMILES string of the molecule is CCCCCCc1ccc(C(=O)Oc2ccc(-c3ncc(CCCCC)cn3)c(F)c2)cc1. The Morgan fingerprint density at radius 1 is 0.818 bits per heavy atom. The maximum Gasteiger partial charge on any atom is 0.343 e. The predicted octanol–water partition coefficient (Wildman–Crippen LogP) is 7.36. The molecule has 3 rings (SSSR count). The fraction of sp³-hybridized carbons (Fsp3) is 0.393. The third-order valence-corrected chi connectivity index (χ3v) is 5.67. The summed E-state index contributed by atoms with van der Waals surface area (Å²) in [5.41, 5.74) is 2.97. The van der Waals surface area contributed by atoms with Crippen LogP contribution < -0.4 is 4.74 Å². The summed E-state index contributed by atoms with van der Waals surface area (Å²) in [5.74, 6) is -0.561. The Morgan fingerprint density at radius 2 is 1.45 bits per heavy atom. The highest BCUT2D eigenvalue weighted by molar-refractivity contribution is 5.91. The standard InChI is InChI=1S/C28H33FN2O2/c1-3-5-7-9-10-21-12-14-23(15-13-21)28(32)33-24-16-17-25(26(29)18-24)27-30-19-22(20-31-27)11-8-6-4-2/h12-20H,3-11H2,1-2H3. The second kappa shape index (κ2) is 12.8. The zero-order chi connectivity index (χ0) is 23.5. The molecule has 5 heteroatoms. The number of carbonyl (C=O) groups is 1. The van der Waals surface area contributed by atoms with Gasteiger partial charge < -0.3 is 4.74 Å². The molecule has 0 radical (unpaired) electrons. The fourth-order valence-electron chi connectivity index (χ4n) is 3.67. The van der Waals surface area contributed by atoms with Gasteiger partial charge in [0.05, 0.1) is 11.1 Å². The van der Waals surface area contributed by atoms with Crippen LogP contribution in [-0.4, -0.2) is 15.9 Å². The average molecular weight is 449 g/mol. The van der Waals surface area contributed by atoms with Gasteiger partial charge in [0.15, 0.2) is 5.82 Å². The third-order valence-electron chi connectivity index (χ3n) is 5.67. The first kappa shape index (κ1) is 24.6. The molecule has 3 aromatic rings. The highest BCUT2D eigenvalue weighted by Gasteiger charge is 2.13. The Morgan fingerprint density at radius 3 is 2.12 bits per heavy atom. The van der Waals surface area contributed by atoms with Crippen LogP contribution in [0.4, 0.5) is 4.39 Å². The number of hydrogen-bond acceptors (Lipinski definition) is 4. The number of unbranched alkanes of at least 4 members (excludes halogenated alkanes) is 5. The van der Waals surface area contributed by atoms with Gasteiger partial charge in [-0.25, -0.2) is 19.2 Å². The molecule has 33 heavy (non-hydrogen) atoms. The summed E-state index contributed by atoms with van der Waals surface area (Å²) in [7, 11) is 0. The van der Waals surface area contributed by atoms with Crippen molar-refractivity contribution in [1.82, 2.24) is 9.97 Å². The number of halogens is 1. The normalized spacial score (nSPS) is 10.9. The number of ether oxygens (including phenoxy) is 1. The lowest BCUT2D eigenvalue weighted by atomic mass is 10.0. The van der Waals surface area contributed by atoms with Gasteiger partial charge in [0.1, 0.15) is 11.6 Å². The van der Waals surface area contributed by atoms with Gasteiger partial charge in [0, 0.05) is 18.5 Å².